The van der Waals surface area contributed by atoms with Crippen LogP contribution in [0, 0.1) is 0 Å². The Kier molecular flexibility index (Phi) is 5.10. The van der Waals surface area contributed by atoms with Crippen LogP contribution in [0.5, 0.6) is 0 Å². The summed E-state index contributed by atoms with van der Waals surface area (Å²) in [5, 5.41) is 2.73. The summed E-state index contributed by atoms with van der Waals surface area (Å²) >= 11 is 0. The zero-order valence-corrected chi connectivity index (χ0v) is 16.5. The largest absolute Gasteiger partial charge is 0.455 e. The molecule has 0 radical (unpaired) electrons. The number of fused-ring (bicyclic) bond motifs is 1. The van der Waals surface area contributed by atoms with Gasteiger partial charge in [0.1, 0.15) is 17.1 Å². The van der Waals surface area contributed by atoms with Crippen molar-refractivity contribution in [1.82, 2.24) is 29.3 Å². The number of carbonyl (C=O) groups is 1. The number of piperidine rings is 1. The molecule has 0 unspecified atom stereocenters. The normalized spacial score (nSPS) is 15.1. The monoisotopic (exact) mass is 400 g/mol. The van der Waals surface area contributed by atoms with Gasteiger partial charge in [-0.05, 0) is 38.1 Å². The zero-order valence-electron chi connectivity index (χ0n) is 16.5. The van der Waals surface area contributed by atoms with Crippen molar-refractivity contribution in [3.8, 4) is 0 Å². The van der Waals surface area contributed by atoms with E-state index >= 15 is 0 Å². The van der Waals surface area contributed by atoms with Crippen molar-refractivity contribution in [2.45, 2.75) is 32.4 Å². The molecule has 10 heteroatoms. The molecular weight excluding hydrogens is 376 g/mol. The van der Waals surface area contributed by atoms with E-state index in [-0.39, 0.29) is 29.4 Å². The Labute approximate surface area is 166 Å². The molecule has 4 rings (SSSR count). The highest BCUT2D eigenvalue weighted by Gasteiger charge is 2.17. The number of nitrogens with one attached hydrogen (secondary N) is 2. The summed E-state index contributed by atoms with van der Waals surface area (Å²) in [6.07, 6.45) is 3.66. The summed E-state index contributed by atoms with van der Waals surface area (Å²) in [6, 6.07) is 3.48. The minimum atomic E-state index is -0.457. The van der Waals surface area contributed by atoms with E-state index in [2.05, 4.69) is 20.2 Å². The molecule has 0 aromatic carbocycles. The number of carbonyl (C=O) groups excluding carboxylic acids is 1. The van der Waals surface area contributed by atoms with Crippen LogP contribution in [-0.2, 0) is 27.2 Å². The minimum absolute atomic E-state index is 0.0764. The van der Waals surface area contributed by atoms with Gasteiger partial charge in [-0.1, -0.05) is 6.42 Å². The van der Waals surface area contributed by atoms with Crippen LogP contribution in [0.2, 0.25) is 0 Å². The van der Waals surface area contributed by atoms with Crippen LogP contribution < -0.4 is 16.6 Å². The Morgan fingerprint density at radius 1 is 1.17 bits per heavy atom. The number of nitrogens with zero attached hydrogens (tertiary/aromatic N) is 4. The lowest BCUT2D eigenvalue weighted by molar-refractivity contribution is 0.0917. The molecule has 10 nitrogen and oxygen atoms in total. The van der Waals surface area contributed by atoms with E-state index < -0.39 is 11.2 Å². The summed E-state index contributed by atoms with van der Waals surface area (Å²) in [4.78, 5) is 46.1. The SMILES string of the molecule is Cn1c(=O)c2[nH]c(CNC(=O)c3ccc(CN4CCCCC4)o3)nc2n(C)c1=O. The number of aromatic amines is 1. The first kappa shape index (κ1) is 19.2. The highest BCUT2D eigenvalue weighted by molar-refractivity contribution is 5.91. The summed E-state index contributed by atoms with van der Waals surface area (Å²) in [7, 11) is 2.95. The van der Waals surface area contributed by atoms with E-state index in [9.17, 15) is 14.4 Å². The number of aromatic nitrogens is 4. The summed E-state index contributed by atoms with van der Waals surface area (Å²) in [5.41, 5.74) is -0.437. The van der Waals surface area contributed by atoms with Crippen LogP contribution in [0.25, 0.3) is 11.2 Å². The number of likely N-dealkylation sites (tertiary alicyclic amines) is 1. The fourth-order valence-electron chi connectivity index (χ4n) is 3.63. The Hall–Kier alpha value is -3.14. The second-order valence-corrected chi connectivity index (χ2v) is 7.37. The van der Waals surface area contributed by atoms with Gasteiger partial charge in [-0.15, -0.1) is 0 Å². The number of hydrogen-bond donors (Lipinski definition) is 2. The summed E-state index contributed by atoms with van der Waals surface area (Å²) < 4.78 is 7.98. The number of amides is 1. The maximum absolute atomic E-state index is 12.4. The molecule has 0 bridgehead atoms. The summed E-state index contributed by atoms with van der Waals surface area (Å²) in [5.74, 6) is 1.01. The van der Waals surface area contributed by atoms with E-state index in [4.69, 9.17) is 4.42 Å². The van der Waals surface area contributed by atoms with Gasteiger partial charge in [-0.2, -0.15) is 0 Å². The van der Waals surface area contributed by atoms with Crippen LogP contribution >= 0.6 is 0 Å². The molecule has 3 aromatic rings. The van der Waals surface area contributed by atoms with Gasteiger partial charge in [0.05, 0.1) is 13.1 Å². The standard InChI is InChI=1S/C19H24N6O4/c1-23-16-15(18(27)24(2)19(23)28)21-14(22-16)10-20-17(26)13-7-6-12(29-13)11-25-8-4-3-5-9-25/h6-7H,3-5,8-11H2,1-2H3,(H,20,26)(H,21,22). The Morgan fingerprint density at radius 2 is 1.93 bits per heavy atom. The van der Waals surface area contributed by atoms with Crippen LogP contribution in [0.15, 0.2) is 26.1 Å². The summed E-state index contributed by atoms with van der Waals surface area (Å²) in [6.45, 7) is 2.88. The second-order valence-electron chi connectivity index (χ2n) is 7.37. The number of imidazole rings is 1. The van der Waals surface area contributed by atoms with Crippen molar-refractivity contribution in [3.05, 3.63) is 50.3 Å². The lowest BCUT2D eigenvalue weighted by Crippen LogP contribution is -2.36. The highest BCUT2D eigenvalue weighted by Crippen LogP contribution is 2.15. The van der Waals surface area contributed by atoms with Gasteiger partial charge < -0.3 is 14.7 Å². The molecule has 4 heterocycles. The maximum Gasteiger partial charge on any atom is 0.332 e. The predicted molar refractivity (Wildman–Crippen MR) is 106 cm³/mol. The maximum atomic E-state index is 12.4. The first-order valence-electron chi connectivity index (χ1n) is 9.68. The highest BCUT2D eigenvalue weighted by atomic mass is 16.4. The van der Waals surface area contributed by atoms with Gasteiger partial charge in [0.25, 0.3) is 11.5 Å². The van der Waals surface area contributed by atoms with Crippen LogP contribution in [-0.4, -0.2) is 43.0 Å². The molecule has 3 aromatic heterocycles. The minimum Gasteiger partial charge on any atom is -0.455 e. The quantitative estimate of drug-likeness (QED) is 0.643. The Morgan fingerprint density at radius 3 is 2.69 bits per heavy atom. The van der Waals surface area contributed by atoms with Gasteiger partial charge in [0.15, 0.2) is 11.4 Å². The van der Waals surface area contributed by atoms with E-state index in [1.165, 1.54) is 30.9 Å². The van der Waals surface area contributed by atoms with Crippen LogP contribution in [0.1, 0.15) is 41.4 Å². The molecule has 0 saturated carbocycles. The average Bonchev–Trinajstić information content (AvgIpc) is 3.37. The number of aryl methyl sites for hydroxylation is 1. The predicted octanol–water partition coefficient (Wildman–Crippen LogP) is 0.469. The number of furan rings is 1. The van der Waals surface area contributed by atoms with Gasteiger partial charge in [-0.25, -0.2) is 9.78 Å². The van der Waals surface area contributed by atoms with Crippen molar-refractivity contribution in [1.29, 1.82) is 0 Å². The fraction of sp³-hybridized carbons (Fsp3) is 0.474. The van der Waals surface area contributed by atoms with E-state index in [1.54, 1.807) is 13.1 Å². The van der Waals surface area contributed by atoms with E-state index in [1.807, 2.05) is 6.07 Å². The molecule has 0 spiro atoms. The Bertz CT molecular complexity index is 1160. The van der Waals surface area contributed by atoms with Crippen molar-refractivity contribution in [2.75, 3.05) is 13.1 Å². The number of rotatable bonds is 5. The van der Waals surface area contributed by atoms with E-state index in [0.717, 1.165) is 23.4 Å². The first-order valence-corrected chi connectivity index (χ1v) is 9.68. The van der Waals surface area contributed by atoms with Crippen molar-refractivity contribution in [2.24, 2.45) is 14.1 Å². The lowest BCUT2D eigenvalue weighted by Gasteiger charge is -2.25. The van der Waals surface area contributed by atoms with Crippen molar-refractivity contribution in [3.63, 3.8) is 0 Å². The third-order valence-electron chi connectivity index (χ3n) is 5.27. The number of H-pyrrole nitrogens is 1. The molecule has 1 amide bonds. The topological polar surface area (TPSA) is 118 Å². The molecule has 0 atom stereocenters. The van der Waals surface area contributed by atoms with Gasteiger partial charge in [0, 0.05) is 14.1 Å². The molecule has 2 N–H and O–H groups in total. The van der Waals surface area contributed by atoms with Crippen LogP contribution in [0.3, 0.4) is 0 Å². The van der Waals surface area contributed by atoms with E-state index in [0.29, 0.717) is 12.4 Å². The molecule has 1 aliphatic rings. The molecule has 1 fully saturated rings. The average molecular weight is 400 g/mol. The zero-order chi connectivity index (χ0) is 20.5. The van der Waals surface area contributed by atoms with Crippen molar-refractivity contribution >= 4 is 17.1 Å². The third-order valence-corrected chi connectivity index (χ3v) is 5.27. The molecule has 0 aliphatic carbocycles. The van der Waals surface area contributed by atoms with Gasteiger partial charge in [0.2, 0.25) is 0 Å². The molecule has 1 aliphatic heterocycles. The molecular formula is C19H24N6O4. The first-order chi connectivity index (χ1) is 13.9. The smallest absolute Gasteiger partial charge is 0.332 e. The number of hydrogen-bond acceptors (Lipinski definition) is 6. The fourth-order valence-corrected chi connectivity index (χ4v) is 3.63. The molecule has 154 valence electrons. The Balaban J connectivity index is 1.43. The van der Waals surface area contributed by atoms with Gasteiger partial charge in [-0.3, -0.25) is 23.6 Å². The van der Waals surface area contributed by atoms with Gasteiger partial charge >= 0.3 is 5.69 Å². The second kappa shape index (κ2) is 7.70. The molecule has 29 heavy (non-hydrogen) atoms. The van der Waals surface area contributed by atoms with Crippen LogP contribution in [0.4, 0.5) is 0 Å². The third kappa shape index (κ3) is 3.75. The van der Waals surface area contributed by atoms with Crippen molar-refractivity contribution < 1.29 is 9.21 Å². The lowest BCUT2D eigenvalue weighted by atomic mass is 10.1. The molecule has 1 saturated heterocycles.